The number of rotatable bonds is 2. The minimum absolute atomic E-state index is 0.307. The van der Waals surface area contributed by atoms with Gasteiger partial charge in [0, 0.05) is 13.6 Å². The van der Waals surface area contributed by atoms with Crippen LogP contribution in [-0.2, 0) is 7.05 Å². The monoisotopic (exact) mass is 335 g/mol. The number of anilines is 1. The van der Waals surface area contributed by atoms with Crippen LogP contribution in [0.25, 0.3) is 11.2 Å². The first-order valence-electron chi connectivity index (χ1n) is 4.67. The van der Waals surface area contributed by atoms with Crippen molar-refractivity contribution in [1.82, 2.24) is 19.5 Å². The number of aromatic amines is 2. The molecule has 16 heavy (non-hydrogen) atoms. The third kappa shape index (κ3) is 1.62. The van der Waals surface area contributed by atoms with Crippen molar-refractivity contribution in [2.45, 2.75) is 6.92 Å². The molecule has 2 N–H and O–H groups in total. The zero-order chi connectivity index (χ0) is 11.9. The number of halogens is 1. The largest absolute Gasteiger partial charge is 0.327 e. The minimum Gasteiger partial charge on any atom is -0.307 e. The highest BCUT2D eigenvalue weighted by Gasteiger charge is 2.14. The second kappa shape index (κ2) is 3.92. The molecular weight excluding hydrogens is 325 g/mol. The molecule has 2 aromatic rings. The SMILES string of the molecule is CCN(I)c1nc2[nH]c(=O)[nH]c(=O)c2n1C. The summed E-state index contributed by atoms with van der Waals surface area (Å²) < 4.78 is 3.51. The Kier molecular flexibility index (Phi) is 2.74. The van der Waals surface area contributed by atoms with Crippen LogP contribution in [0, 0.1) is 0 Å². The van der Waals surface area contributed by atoms with Gasteiger partial charge in [0.2, 0.25) is 5.95 Å². The number of imidazole rings is 1. The lowest BCUT2D eigenvalue weighted by molar-refractivity contribution is 0.907. The van der Waals surface area contributed by atoms with E-state index in [0.29, 0.717) is 17.1 Å². The van der Waals surface area contributed by atoms with Crippen LogP contribution in [0.4, 0.5) is 5.95 Å². The van der Waals surface area contributed by atoms with Crippen LogP contribution in [0.2, 0.25) is 0 Å². The second-order valence-corrected chi connectivity index (χ2v) is 4.42. The zero-order valence-corrected chi connectivity index (χ0v) is 10.9. The fraction of sp³-hybridized carbons (Fsp3) is 0.375. The van der Waals surface area contributed by atoms with E-state index in [4.69, 9.17) is 0 Å². The van der Waals surface area contributed by atoms with Crippen LogP contribution in [0.1, 0.15) is 6.92 Å². The average Bonchev–Trinajstić information content (AvgIpc) is 2.54. The maximum absolute atomic E-state index is 11.6. The summed E-state index contributed by atoms with van der Waals surface area (Å²) in [5, 5.41) is 0. The number of H-pyrrole nitrogens is 2. The molecule has 0 bridgehead atoms. The normalized spacial score (nSPS) is 10.9. The number of aryl methyl sites for hydroxylation is 1. The molecule has 0 aliphatic rings. The molecule has 7 nitrogen and oxygen atoms in total. The minimum atomic E-state index is -0.543. The van der Waals surface area contributed by atoms with Crippen LogP contribution in [0.3, 0.4) is 0 Å². The Bertz CT molecular complexity index is 640. The van der Waals surface area contributed by atoms with E-state index in [1.807, 2.05) is 10.0 Å². The van der Waals surface area contributed by atoms with E-state index in [1.54, 1.807) is 11.6 Å². The summed E-state index contributed by atoms with van der Waals surface area (Å²) >= 11 is 2.10. The highest BCUT2D eigenvalue weighted by Crippen LogP contribution is 2.18. The molecule has 0 fully saturated rings. The van der Waals surface area contributed by atoms with E-state index in [1.165, 1.54) is 0 Å². The Morgan fingerprint density at radius 1 is 1.44 bits per heavy atom. The Morgan fingerprint density at radius 3 is 2.75 bits per heavy atom. The van der Waals surface area contributed by atoms with E-state index < -0.39 is 11.2 Å². The van der Waals surface area contributed by atoms with Gasteiger partial charge < -0.3 is 4.57 Å². The molecule has 0 aromatic carbocycles. The molecule has 0 spiro atoms. The van der Waals surface area contributed by atoms with Crippen molar-refractivity contribution < 1.29 is 0 Å². The fourth-order valence-corrected chi connectivity index (χ4v) is 1.92. The third-order valence-electron chi connectivity index (χ3n) is 2.24. The lowest BCUT2D eigenvalue weighted by atomic mass is 10.5. The van der Waals surface area contributed by atoms with Crippen LogP contribution in [0.15, 0.2) is 9.59 Å². The van der Waals surface area contributed by atoms with Gasteiger partial charge in [-0.15, -0.1) is 0 Å². The van der Waals surface area contributed by atoms with Gasteiger partial charge in [-0.25, -0.2) is 4.79 Å². The lowest BCUT2D eigenvalue weighted by Gasteiger charge is -2.11. The van der Waals surface area contributed by atoms with Crippen molar-refractivity contribution in [3.63, 3.8) is 0 Å². The van der Waals surface area contributed by atoms with Gasteiger partial charge in [0.25, 0.3) is 5.56 Å². The number of fused-ring (bicyclic) bond motifs is 1. The molecule has 0 unspecified atom stereocenters. The Morgan fingerprint density at radius 2 is 2.12 bits per heavy atom. The van der Waals surface area contributed by atoms with E-state index in [-0.39, 0.29) is 0 Å². The van der Waals surface area contributed by atoms with Crippen molar-refractivity contribution in [2.75, 3.05) is 9.66 Å². The lowest BCUT2D eigenvalue weighted by Crippen LogP contribution is -2.23. The van der Waals surface area contributed by atoms with Crippen molar-refractivity contribution in [2.24, 2.45) is 7.05 Å². The first-order valence-corrected chi connectivity index (χ1v) is 5.63. The standard InChI is InChI=1S/C8H10IN5O2/c1-3-14(9)8-11-5-4(13(8)2)6(15)12-7(16)10-5/h3H2,1-2H3,(H2,10,12,15,16). The molecule has 0 amide bonds. The maximum Gasteiger partial charge on any atom is 0.327 e. The Balaban J connectivity index is 2.83. The molecule has 2 heterocycles. The molecule has 2 aromatic heterocycles. The molecular formula is C8H10IN5O2. The average molecular weight is 335 g/mol. The van der Waals surface area contributed by atoms with E-state index in [9.17, 15) is 9.59 Å². The highest BCUT2D eigenvalue weighted by molar-refractivity contribution is 14.1. The van der Waals surface area contributed by atoms with Gasteiger partial charge in [0.1, 0.15) is 0 Å². The zero-order valence-electron chi connectivity index (χ0n) is 8.74. The fourth-order valence-electron chi connectivity index (χ4n) is 1.49. The predicted molar refractivity (Wildman–Crippen MR) is 69.0 cm³/mol. The van der Waals surface area contributed by atoms with Crippen molar-refractivity contribution in [3.8, 4) is 0 Å². The molecule has 2 rings (SSSR count). The summed E-state index contributed by atoms with van der Waals surface area (Å²) in [7, 11) is 1.74. The highest BCUT2D eigenvalue weighted by atomic mass is 127. The molecule has 0 saturated carbocycles. The van der Waals surface area contributed by atoms with Crippen molar-refractivity contribution in [3.05, 3.63) is 20.8 Å². The number of aromatic nitrogens is 4. The number of hydrogen-bond acceptors (Lipinski definition) is 4. The van der Waals surface area contributed by atoms with Crippen LogP contribution >= 0.6 is 22.9 Å². The molecule has 0 aliphatic heterocycles. The molecule has 8 heteroatoms. The summed E-state index contributed by atoms with van der Waals surface area (Å²) in [4.78, 5) is 31.6. The smallest absolute Gasteiger partial charge is 0.307 e. The topological polar surface area (TPSA) is 86.8 Å². The second-order valence-electron chi connectivity index (χ2n) is 3.25. The maximum atomic E-state index is 11.6. The van der Waals surface area contributed by atoms with Gasteiger partial charge in [0.05, 0.1) is 22.9 Å². The number of hydrogen-bond donors (Lipinski definition) is 2. The van der Waals surface area contributed by atoms with Gasteiger partial charge >= 0.3 is 5.69 Å². The number of nitrogens with zero attached hydrogens (tertiary/aromatic N) is 3. The third-order valence-corrected chi connectivity index (χ3v) is 3.35. The van der Waals surface area contributed by atoms with Gasteiger partial charge in [-0.3, -0.25) is 17.9 Å². The molecule has 0 atom stereocenters. The van der Waals surface area contributed by atoms with Crippen molar-refractivity contribution in [1.29, 1.82) is 0 Å². The van der Waals surface area contributed by atoms with E-state index >= 15 is 0 Å². The number of nitrogens with one attached hydrogen (secondary N) is 2. The van der Waals surface area contributed by atoms with E-state index in [0.717, 1.165) is 6.54 Å². The quantitative estimate of drug-likeness (QED) is 0.603. The van der Waals surface area contributed by atoms with Gasteiger partial charge in [-0.2, -0.15) is 4.98 Å². The van der Waals surface area contributed by atoms with Crippen molar-refractivity contribution >= 4 is 40.0 Å². The van der Waals surface area contributed by atoms with Gasteiger partial charge in [-0.1, -0.05) is 0 Å². The van der Waals surface area contributed by atoms with Crippen LogP contribution < -0.4 is 14.4 Å². The molecule has 0 saturated heterocycles. The molecule has 0 aliphatic carbocycles. The predicted octanol–water partition coefficient (Wildman–Crippen LogP) is 0.126. The summed E-state index contributed by atoms with van der Waals surface area (Å²) in [6.07, 6.45) is 0. The Hall–Kier alpha value is -1.32. The van der Waals surface area contributed by atoms with Gasteiger partial charge in [-0.05, 0) is 6.92 Å². The molecule has 86 valence electrons. The Labute approximate surface area is 104 Å². The van der Waals surface area contributed by atoms with E-state index in [2.05, 4.69) is 37.8 Å². The summed E-state index contributed by atoms with van der Waals surface area (Å²) in [6.45, 7) is 2.72. The van der Waals surface area contributed by atoms with Crippen LogP contribution in [-0.4, -0.2) is 26.1 Å². The first kappa shape index (κ1) is 11.2. The van der Waals surface area contributed by atoms with Gasteiger partial charge in [0.15, 0.2) is 11.2 Å². The summed E-state index contributed by atoms with van der Waals surface area (Å²) in [5.74, 6) is 0.630. The first-order chi connectivity index (χ1) is 7.54. The summed E-state index contributed by atoms with van der Waals surface area (Å²) in [6, 6.07) is 0. The molecule has 0 radical (unpaired) electrons. The van der Waals surface area contributed by atoms with Crippen LogP contribution in [0.5, 0.6) is 0 Å². The summed E-state index contributed by atoms with van der Waals surface area (Å²) in [5.41, 5.74) is -0.300.